The van der Waals surface area contributed by atoms with E-state index < -0.39 is 11.7 Å². The van der Waals surface area contributed by atoms with Crippen LogP contribution < -0.4 is 5.32 Å². The summed E-state index contributed by atoms with van der Waals surface area (Å²) >= 11 is 6.07. The van der Waals surface area contributed by atoms with Crippen molar-refractivity contribution >= 4 is 29.2 Å². The van der Waals surface area contributed by atoms with Crippen LogP contribution in [-0.4, -0.2) is 29.2 Å². The van der Waals surface area contributed by atoms with Crippen molar-refractivity contribution in [3.8, 4) is 17.6 Å². The van der Waals surface area contributed by atoms with E-state index >= 15 is 0 Å². The van der Waals surface area contributed by atoms with Crippen molar-refractivity contribution in [2.24, 2.45) is 0 Å². The molecule has 0 saturated carbocycles. The van der Waals surface area contributed by atoms with E-state index in [9.17, 15) is 19.8 Å². The highest BCUT2D eigenvalue weighted by atomic mass is 35.5. The van der Waals surface area contributed by atoms with E-state index in [4.69, 9.17) is 16.9 Å². The Morgan fingerprint density at radius 2 is 1.86 bits per heavy atom. The molecule has 0 unspecified atom stereocenters. The monoisotopic (exact) mass is 402 g/mol. The SMILES string of the molecule is COC(=O)c1c(O)cc(O)c(Cl)c1CCCCC(=O)Nc1ccc(C#N)cc1. The lowest BCUT2D eigenvalue weighted by atomic mass is 9.99. The topological polar surface area (TPSA) is 120 Å². The third-order valence-corrected chi connectivity index (χ3v) is 4.51. The molecule has 0 aromatic heterocycles. The zero-order valence-corrected chi connectivity index (χ0v) is 15.9. The molecule has 2 aromatic carbocycles. The van der Waals surface area contributed by atoms with E-state index in [0.717, 1.165) is 6.07 Å². The molecule has 28 heavy (non-hydrogen) atoms. The van der Waals surface area contributed by atoms with Gasteiger partial charge in [0.2, 0.25) is 5.91 Å². The first-order valence-corrected chi connectivity index (χ1v) is 8.86. The summed E-state index contributed by atoms with van der Waals surface area (Å²) < 4.78 is 4.66. The molecule has 7 nitrogen and oxygen atoms in total. The van der Waals surface area contributed by atoms with Gasteiger partial charge in [-0.2, -0.15) is 5.26 Å². The Labute approximate surface area is 167 Å². The zero-order valence-electron chi connectivity index (χ0n) is 15.2. The van der Waals surface area contributed by atoms with Crippen molar-refractivity contribution in [3.05, 3.63) is 52.0 Å². The molecule has 0 radical (unpaired) electrons. The molecule has 3 N–H and O–H groups in total. The normalized spacial score (nSPS) is 10.2. The number of carbonyl (C=O) groups excluding carboxylic acids is 2. The summed E-state index contributed by atoms with van der Waals surface area (Å²) in [5, 5.41) is 31.2. The minimum absolute atomic E-state index is 0.0276. The molecule has 1 amide bonds. The smallest absolute Gasteiger partial charge is 0.341 e. The van der Waals surface area contributed by atoms with Gasteiger partial charge in [-0.1, -0.05) is 11.6 Å². The van der Waals surface area contributed by atoms with Crippen LogP contribution in [0.1, 0.15) is 40.7 Å². The Morgan fingerprint density at radius 3 is 2.46 bits per heavy atom. The lowest BCUT2D eigenvalue weighted by Crippen LogP contribution is -2.11. The third kappa shape index (κ3) is 5.15. The summed E-state index contributed by atoms with van der Waals surface area (Å²) in [5.41, 5.74) is 1.29. The second-order valence-corrected chi connectivity index (χ2v) is 6.40. The number of phenolic OH excluding ortho intramolecular Hbond substituents is 2. The number of nitrogens with one attached hydrogen (secondary N) is 1. The largest absolute Gasteiger partial charge is 0.507 e. The maximum absolute atomic E-state index is 12.0. The Bertz CT molecular complexity index is 920. The quantitative estimate of drug-likeness (QED) is 0.479. The minimum atomic E-state index is -0.757. The number of methoxy groups -OCH3 is 1. The van der Waals surface area contributed by atoms with Crippen molar-refractivity contribution < 1.29 is 24.5 Å². The number of hydrogen-bond donors (Lipinski definition) is 3. The van der Waals surface area contributed by atoms with Gasteiger partial charge in [0.25, 0.3) is 0 Å². The standard InChI is InChI=1S/C20H19ClN2O5/c1-28-20(27)18-14(19(21)16(25)10-15(18)24)4-2-3-5-17(26)23-13-8-6-12(11-22)7-9-13/h6-10,24-25H,2-5H2,1H3,(H,23,26). The highest BCUT2D eigenvalue weighted by Crippen LogP contribution is 2.37. The van der Waals surface area contributed by atoms with Gasteiger partial charge in [-0.3, -0.25) is 4.79 Å². The lowest BCUT2D eigenvalue weighted by molar-refractivity contribution is -0.116. The van der Waals surface area contributed by atoms with E-state index in [0.29, 0.717) is 24.1 Å². The number of anilines is 1. The molecule has 0 aliphatic rings. The molecule has 0 bridgehead atoms. The van der Waals surface area contributed by atoms with E-state index in [2.05, 4.69) is 10.1 Å². The third-order valence-electron chi connectivity index (χ3n) is 4.09. The molecule has 0 heterocycles. The number of unbranched alkanes of at least 4 members (excludes halogenated alkanes) is 1. The van der Waals surface area contributed by atoms with Crippen molar-refractivity contribution in [1.29, 1.82) is 5.26 Å². The minimum Gasteiger partial charge on any atom is -0.507 e. The predicted molar refractivity (Wildman–Crippen MR) is 103 cm³/mol. The van der Waals surface area contributed by atoms with Crippen molar-refractivity contribution in [2.45, 2.75) is 25.7 Å². The number of halogens is 1. The highest BCUT2D eigenvalue weighted by molar-refractivity contribution is 6.33. The number of amides is 1. The van der Waals surface area contributed by atoms with Gasteiger partial charge in [0.05, 0.1) is 23.8 Å². The van der Waals surface area contributed by atoms with Crippen LogP contribution in [0.4, 0.5) is 5.69 Å². The summed E-state index contributed by atoms with van der Waals surface area (Å²) in [6.07, 6.45) is 1.49. The summed E-state index contributed by atoms with van der Waals surface area (Å²) in [6.45, 7) is 0. The van der Waals surface area contributed by atoms with E-state index in [-0.39, 0.29) is 40.6 Å². The Kier molecular flexibility index (Phi) is 7.24. The summed E-state index contributed by atoms with van der Waals surface area (Å²) in [7, 11) is 1.18. The lowest BCUT2D eigenvalue weighted by Gasteiger charge is -2.13. The molecule has 146 valence electrons. The van der Waals surface area contributed by atoms with Crippen LogP contribution in [0.5, 0.6) is 11.5 Å². The van der Waals surface area contributed by atoms with E-state index in [1.807, 2.05) is 6.07 Å². The summed E-state index contributed by atoms with van der Waals surface area (Å²) in [5.74, 6) is -1.70. The molecular formula is C20H19ClN2O5. The van der Waals surface area contributed by atoms with Gasteiger partial charge in [0, 0.05) is 18.2 Å². The fraction of sp³-hybridized carbons (Fsp3) is 0.250. The number of rotatable bonds is 7. The van der Waals surface area contributed by atoms with E-state index in [1.54, 1.807) is 24.3 Å². The van der Waals surface area contributed by atoms with Crippen LogP contribution in [0.25, 0.3) is 0 Å². The summed E-state index contributed by atoms with van der Waals surface area (Å²) in [6, 6.07) is 9.51. The zero-order chi connectivity index (χ0) is 20.7. The van der Waals surface area contributed by atoms with Gasteiger partial charge in [0.1, 0.15) is 17.1 Å². The Balaban J connectivity index is 1.95. The number of esters is 1. The van der Waals surface area contributed by atoms with Gasteiger partial charge < -0.3 is 20.3 Å². The maximum atomic E-state index is 12.0. The summed E-state index contributed by atoms with van der Waals surface area (Å²) in [4.78, 5) is 23.9. The predicted octanol–water partition coefficient (Wildman–Crippen LogP) is 3.76. The van der Waals surface area contributed by atoms with Crippen LogP contribution in [0.3, 0.4) is 0 Å². The first-order chi connectivity index (χ1) is 13.4. The average molecular weight is 403 g/mol. The number of hydrogen-bond acceptors (Lipinski definition) is 6. The van der Waals surface area contributed by atoms with Crippen LogP contribution >= 0.6 is 11.6 Å². The van der Waals surface area contributed by atoms with Gasteiger partial charge in [-0.05, 0) is 49.1 Å². The van der Waals surface area contributed by atoms with Crippen molar-refractivity contribution in [2.75, 3.05) is 12.4 Å². The number of nitriles is 1. The molecule has 2 aromatic rings. The van der Waals surface area contributed by atoms with E-state index in [1.165, 1.54) is 7.11 Å². The Morgan fingerprint density at radius 1 is 1.18 bits per heavy atom. The molecule has 0 aliphatic heterocycles. The molecule has 0 atom stereocenters. The average Bonchev–Trinajstić information content (AvgIpc) is 2.68. The molecule has 0 saturated heterocycles. The number of benzene rings is 2. The molecule has 0 spiro atoms. The van der Waals surface area contributed by atoms with Crippen LogP contribution in [0.2, 0.25) is 5.02 Å². The number of aromatic hydroxyl groups is 2. The number of carbonyl (C=O) groups is 2. The molecule has 0 fully saturated rings. The molecule has 2 rings (SSSR count). The fourth-order valence-corrected chi connectivity index (χ4v) is 2.93. The molecular weight excluding hydrogens is 384 g/mol. The fourth-order valence-electron chi connectivity index (χ4n) is 2.69. The van der Waals surface area contributed by atoms with Crippen LogP contribution in [0.15, 0.2) is 30.3 Å². The van der Waals surface area contributed by atoms with Crippen molar-refractivity contribution in [1.82, 2.24) is 0 Å². The van der Waals surface area contributed by atoms with Gasteiger partial charge in [0.15, 0.2) is 0 Å². The first-order valence-electron chi connectivity index (χ1n) is 8.49. The second-order valence-electron chi connectivity index (χ2n) is 6.02. The number of ether oxygens (including phenoxy) is 1. The van der Waals surface area contributed by atoms with Gasteiger partial charge in [-0.15, -0.1) is 0 Å². The molecule has 0 aliphatic carbocycles. The second kappa shape index (κ2) is 9.62. The highest BCUT2D eigenvalue weighted by Gasteiger charge is 2.22. The van der Waals surface area contributed by atoms with Crippen molar-refractivity contribution in [3.63, 3.8) is 0 Å². The van der Waals surface area contributed by atoms with Gasteiger partial charge >= 0.3 is 5.97 Å². The maximum Gasteiger partial charge on any atom is 0.341 e. The van der Waals surface area contributed by atoms with Crippen LogP contribution in [-0.2, 0) is 16.0 Å². The molecule has 8 heteroatoms. The number of nitrogens with zero attached hydrogens (tertiary/aromatic N) is 1. The Hall–Kier alpha value is -3.24. The van der Waals surface area contributed by atoms with Crippen LogP contribution in [0, 0.1) is 11.3 Å². The van der Waals surface area contributed by atoms with Gasteiger partial charge in [-0.25, -0.2) is 4.79 Å². The number of phenols is 2. The first kappa shape index (κ1) is 21.1.